The van der Waals surface area contributed by atoms with Gasteiger partial charge in [0.15, 0.2) is 0 Å². The van der Waals surface area contributed by atoms with Gasteiger partial charge in [0.2, 0.25) is 0 Å². The number of ether oxygens (including phenoxy) is 1. The minimum absolute atomic E-state index is 0.0125. The van der Waals surface area contributed by atoms with Gasteiger partial charge < -0.3 is 10.1 Å². The minimum Gasteiger partial charge on any atom is -0.466 e. The molecule has 98 valence electrons. The number of nitrogens with one attached hydrogen (secondary N) is 1. The molecule has 3 heteroatoms. The molecule has 0 aromatic heterocycles. The topological polar surface area (TPSA) is 38.3 Å². The lowest BCUT2D eigenvalue weighted by molar-refractivity contribution is -0.154. The van der Waals surface area contributed by atoms with E-state index in [1.54, 1.807) is 0 Å². The van der Waals surface area contributed by atoms with E-state index in [4.69, 9.17) is 4.74 Å². The maximum atomic E-state index is 12.1. The van der Waals surface area contributed by atoms with Crippen LogP contribution in [0.3, 0.4) is 0 Å². The predicted octanol–water partition coefficient (Wildman–Crippen LogP) is 2.21. The lowest BCUT2D eigenvalue weighted by Gasteiger charge is -2.45. The van der Waals surface area contributed by atoms with Crippen LogP contribution in [-0.4, -0.2) is 25.7 Å². The van der Waals surface area contributed by atoms with E-state index in [0.717, 1.165) is 19.0 Å². The average Bonchev–Trinajstić information content (AvgIpc) is 2.71. The Morgan fingerprint density at radius 1 is 1.47 bits per heavy atom. The maximum absolute atomic E-state index is 12.1. The summed E-state index contributed by atoms with van der Waals surface area (Å²) in [4.78, 5) is 12.1. The van der Waals surface area contributed by atoms with Crippen LogP contribution in [0.25, 0.3) is 0 Å². The summed E-state index contributed by atoms with van der Waals surface area (Å²) in [6, 6.07) is 0. The fourth-order valence-corrected chi connectivity index (χ4v) is 3.88. The molecular formula is C14H25NO2. The first-order valence-electron chi connectivity index (χ1n) is 6.99. The third kappa shape index (κ3) is 2.10. The van der Waals surface area contributed by atoms with Gasteiger partial charge in [-0.3, -0.25) is 4.79 Å². The minimum atomic E-state index is 0.0125. The highest BCUT2D eigenvalue weighted by Gasteiger charge is 2.53. The van der Waals surface area contributed by atoms with Crippen molar-refractivity contribution in [3.8, 4) is 0 Å². The van der Waals surface area contributed by atoms with Gasteiger partial charge in [-0.05, 0) is 25.2 Å². The van der Waals surface area contributed by atoms with E-state index in [9.17, 15) is 4.79 Å². The molecule has 0 aromatic carbocycles. The SMILES string of the molecule is CCOC(=O)C1CNCC12CCCC(C)C2C. The molecule has 1 spiro atoms. The third-order valence-corrected chi connectivity index (χ3v) is 5.13. The summed E-state index contributed by atoms with van der Waals surface area (Å²) in [6.07, 6.45) is 3.73. The molecule has 0 radical (unpaired) electrons. The van der Waals surface area contributed by atoms with Crippen molar-refractivity contribution in [2.24, 2.45) is 23.2 Å². The van der Waals surface area contributed by atoms with Crippen molar-refractivity contribution in [3.05, 3.63) is 0 Å². The molecule has 3 nitrogen and oxygen atoms in total. The van der Waals surface area contributed by atoms with Crippen LogP contribution in [0.5, 0.6) is 0 Å². The monoisotopic (exact) mass is 239 g/mol. The number of rotatable bonds is 2. The maximum Gasteiger partial charge on any atom is 0.310 e. The quantitative estimate of drug-likeness (QED) is 0.751. The van der Waals surface area contributed by atoms with Gasteiger partial charge in [-0.15, -0.1) is 0 Å². The number of carbonyl (C=O) groups excluding carboxylic acids is 1. The van der Waals surface area contributed by atoms with Gasteiger partial charge in [-0.1, -0.05) is 26.7 Å². The molecule has 4 unspecified atom stereocenters. The van der Waals surface area contributed by atoms with Crippen LogP contribution in [0.15, 0.2) is 0 Å². The molecule has 1 heterocycles. The van der Waals surface area contributed by atoms with Crippen molar-refractivity contribution in [3.63, 3.8) is 0 Å². The van der Waals surface area contributed by atoms with Gasteiger partial charge in [-0.25, -0.2) is 0 Å². The van der Waals surface area contributed by atoms with E-state index in [0.29, 0.717) is 12.5 Å². The van der Waals surface area contributed by atoms with E-state index in [1.165, 1.54) is 19.3 Å². The molecule has 2 fully saturated rings. The van der Waals surface area contributed by atoms with E-state index in [-0.39, 0.29) is 17.3 Å². The lowest BCUT2D eigenvalue weighted by atomic mass is 9.58. The van der Waals surface area contributed by atoms with Gasteiger partial charge in [0.1, 0.15) is 0 Å². The van der Waals surface area contributed by atoms with Crippen molar-refractivity contribution in [2.75, 3.05) is 19.7 Å². The summed E-state index contributed by atoms with van der Waals surface area (Å²) in [5, 5.41) is 3.42. The first-order valence-corrected chi connectivity index (χ1v) is 6.99. The van der Waals surface area contributed by atoms with Crippen molar-refractivity contribution in [2.45, 2.75) is 40.0 Å². The molecule has 1 N–H and O–H groups in total. The Morgan fingerprint density at radius 3 is 2.94 bits per heavy atom. The fraction of sp³-hybridized carbons (Fsp3) is 0.929. The molecule has 1 aliphatic carbocycles. The summed E-state index contributed by atoms with van der Waals surface area (Å²) in [7, 11) is 0. The molecule has 2 aliphatic rings. The third-order valence-electron chi connectivity index (χ3n) is 5.13. The molecule has 1 aliphatic heterocycles. The van der Waals surface area contributed by atoms with Crippen LogP contribution in [-0.2, 0) is 9.53 Å². The lowest BCUT2D eigenvalue weighted by Crippen LogP contribution is -2.45. The van der Waals surface area contributed by atoms with E-state index in [1.807, 2.05) is 6.92 Å². The molecule has 1 saturated heterocycles. The number of esters is 1. The van der Waals surface area contributed by atoms with Gasteiger partial charge >= 0.3 is 5.97 Å². The highest BCUT2D eigenvalue weighted by Crippen LogP contribution is 2.51. The van der Waals surface area contributed by atoms with E-state index in [2.05, 4.69) is 19.2 Å². The molecule has 4 atom stereocenters. The normalized spacial score (nSPS) is 41.7. The van der Waals surface area contributed by atoms with Gasteiger partial charge in [0.05, 0.1) is 12.5 Å². The Bertz CT molecular complexity index is 292. The largest absolute Gasteiger partial charge is 0.466 e. The zero-order chi connectivity index (χ0) is 12.5. The summed E-state index contributed by atoms with van der Waals surface area (Å²) in [5.41, 5.74) is 0.157. The van der Waals surface area contributed by atoms with Crippen molar-refractivity contribution < 1.29 is 9.53 Å². The average molecular weight is 239 g/mol. The van der Waals surface area contributed by atoms with Crippen molar-refractivity contribution in [1.82, 2.24) is 5.32 Å². The molecule has 0 aromatic rings. The summed E-state index contributed by atoms with van der Waals surface area (Å²) >= 11 is 0. The van der Waals surface area contributed by atoms with Crippen LogP contribution in [0.1, 0.15) is 40.0 Å². The van der Waals surface area contributed by atoms with Crippen LogP contribution >= 0.6 is 0 Å². The van der Waals surface area contributed by atoms with E-state index >= 15 is 0 Å². The van der Waals surface area contributed by atoms with E-state index < -0.39 is 0 Å². The highest BCUT2D eigenvalue weighted by molar-refractivity contribution is 5.74. The van der Waals surface area contributed by atoms with Crippen molar-refractivity contribution in [1.29, 1.82) is 0 Å². The fourth-order valence-electron chi connectivity index (χ4n) is 3.88. The Morgan fingerprint density at radius 2 is 2.24 bits per heavy atom. The highest BCUT2D eigenvalue weighted by atomic mass is 16.5. The molecule has 0 amide bonds. The molecule has 2 rings (SSSR count). The van der Waals surface area contributed by atoms with Gasteiger partial charge in [0.25, 0.3) is 0 Å². The first kappa shape index (κ1) is 12.9. The predicted molar refractivity (Wildman–Crippen MR) is 67.6 cm³/mol. The number of hydrogen-bond donors (Lipinski definition) is 1. The molecule has 1 saturated carbocycles. The number of hydrogen-bond acceptors (Lipinski definition) is 3. The first-order chi connectivity index (χ1) is 8.12. The summed E-state index contributed by atoms with van der Waals surface area (Å²) in [6.45, 7) is 8.82. The summed E-state index contributed by atoms with van der Waals surface area (Å²) < 4.78 is 5.26. The Labute approximate surface area is 104 Å². The zero-order valence-corrected chi connectivity index (χ0v) is 11.3. The second kappa shape index (κ2) is 4.97. The smallest absolute Gasteiger partial charge is 0.310 e. The Balaban J connectivity index is 2.19. The Kier molecular flexibility index (Phi) is 3.76. The molecular weight excluding hydrogens is 214 g/mol. The van der Waals surface area contributed by atoms with Crippen LogP contribution < -0.4 is 5.32 Å². The zero-order valence-electron chi connectivity index (χ0n) is 11.3. The Hall–Kier alpha value is -0.570. The van der Waals surface area contributed by atoms with Gasteiger partial charge in [0, 0.05) is 18.5 Å². The standard InChI is InChI=1S/C14H25NO2/c1-4-17-13(16)12-8-15-9-14(12)7-5-6-10(2)11(14)3/h10-12,15H,4-9H2,1-3H3. The van der Waals surface area contributed by atoms with Crippen LogP contribution in [0.2, 0.25) is 0 Å². The van der Waals surface area contributed by atoms with Crippen LogP contribution in [0.4, 0.5) is 0 Å². The summed E-state index contributed by atoms with van der Waals surface area (Å²) in [5.74, 6) is 1.42. The van der Waals surface area contributed by atoms with Gasteiger partial charge in [-0.2, -0.15) is 0 Å². The second-order valence-electron chi connectivity index (χ2n) is 5.83. The molecule has 17 heavy (non-hydrogen) atoms. The molecule has 0 bridgehead atoms. The van der Waals surface area contributed by atoms with Crippen LogP contribution in [0, 0.1) is 23.2 Å². The van der Waals surface area contributed by atoms with Crippen molar-refractivity contribution >= 4 is 5.97 Å². The number of carbonyl (C=O) groups is 1. The second-order valence-corrected chi connectivity index (χ2v) is 5.83.